The Balaban J connectivity index is 2.13. The normalized spacial score (nSPS) is 12.3. The standard InChI is InChI=1S/C19H17F3N2O3S/c1-3-23-28(25,26)14-8-9-15-17(10-14)24-16(11-18(15)27-2)12-4-6-13(7-5-12)19(20,21)22/h4-11,23H,3H2,1-2H3. The molecule has 0 aliphatic carbocycles. The molecule has 0 saturated heterocycles. The topological polar surface area (TPSA) is 68.3 Å². The molecule has 5 nitrogen and oxygen atoms in total. The van der Waals surface area contributed by atoms with Crippen molar-refractivity contribution in [1.29, 1.82) is 0 Å². The third-order valence-electron chi connectivity index (χ3n) is 4.12. The molecule has 0 saturated carbocycles. The zero-order valence-electron chi connectivity index (χ0n) is 15.0. The monoisotopic (exact) mass is 410 g/mol. The maximum absolute atomic E-state index is 12.8. The third kappa shape index (κ3) is 3.95. The quantitative estimate of drug-likeness (QED) is 0.684. The number of ether oxygens (including phenoxy) is 1. The molecule has 28 heavy (non-hydrogen) atoms. The Kier molecular flexibility index (Phi) is 5.31. The molecule has 0 fully saturated rings. The summed E-state index contributed by atoms with van der Waals surface area (Å²) >= 11 is 0. The molecule has 9 heteroatoms. The summed E-state index contributed by atoms with van der Waals surface area (Å²) in [7, 11) is -2.22. The van der Waals surface area contributed by atoms with Crippen LogP contribution in [0.5, 0.6) is 5.75 Å². The van der Waals surface area contributed by atoms with E-state index in [2.05, 4.69) is 9.71 Å². The average Bonchev–Trinajstić information content (AvgIpc) is 2.66. The van der Waals surface area contributed by atoms with E-state index in [9.17, 15) is 21.6 Å². The first kappa shape index (κ1) is 20.1. The van der Waals surface area contributed by atoms with Gasteiger partial charge in [0.2, 0.25) is 10.0 Å². The van der Waals surface area contributed by atoms with E-state index in [1.807, 2.05) is 0 Å². The SMILES string of the molecule is CCNS(=O)(=O)c1ccc2c(OC)cc(-c3ccc(C(F)(F)F)cc3)nc2c1. The predicted octanol–water partition coefficient (Wildman–Crippen LogP) is 4.23. The Morgan fingerprint density at radius 2 is 1.75 bits per heavy atom. The zero-order valence-corrected chi connectivity index (χ0v) is 15.9. The number of hydrogen-bond acceptors (Lipinski definition) is 4. The van der Waals surface area contributed by atoms with Gasteiger partial charge in [-0.3, -0.25) is 0 Å². The number of methoxy groups -OCH3 is 1. The highest BCUT2D eigenvalue weighted by Gasteiger charge is 2.30. The largest absolute Gasteiger partial charge is 0.496 e. The van der Waals surface area contributed by atoms with Crippen LogP contribution in [-0.2, 0) is 16.2 Å². The minimum absolute atomic E-state index is 0.0426. The van der Waals surface area contributed by atoms with Gasteiger partial charge in [0.05, 0.1) is 28.8 Å². The van der Waals surface area contributed by atoms with Crippen molar-refractivity contribution >= 4 is 20.9 Å². The number of pyridine rings is 1. The number of alkyl halides is 3. The Morgan fingerprint density at radius 1 is 1.07 bits per heavy atom. The molecule has 148 valence electrons. The highest BCUT2D eigenvalue weighted by Crippen LogP contribution is 2.33. The first-order valence-electron chi connectivity index (χ1n) is 8.32. The van der Waals surface area contributed by atoms with Gasteiger partial charge in [-0.25, -0.2) is 18.1 Å². The summed E-state index contributed by atoms with van der Waals surface area (Å²) in [5.41, 5.74) is 0.417. The minimum Gasteiger partial charge on any atom is -0.496 e. The number of nitrogens with one attached hydrogen (secondary N) is 1. The Labute approximate surface area is 160 Å². The molecule has 0 aliphatic heterocycles. The third-order valence-corrected chi connectivity index (χ3v) is 5.66. The van der Waals surface area contributed by atoms with Crippen LogP contribution in [0.15, 0.2) is 53.4 Å². The molecular weight excluding hydrogens is 393 g/mol. The van der Waals surface area contributed by atoms with Crippen molar-refractivity contribution in [3.63, 3.8) is 0 Å². The first-order chi connectivity index (χ1) is 13.2. The first-order valence-corrected chi connectivity index (χ1v) is 9.80. The lowest BCUT2D eigenvalue weighted by molar-refractivity contribution is -0.137. The van der Waals surface area contributed by atoms with E-state index in [4.69, 9.17) is 4.74 Å². The fraction of sp³-hybridized carbons (Fsp3) is 0.211. The molecule has 1 heterocycles. The van der Waals surface area contributed by atoms with Crippen LogP contribution in [-0.4, -0.2) is 27.1 Å². The van der Waals surface area contributed by atoms with Crippen LogP contribution in [0.4, 0.5) is 13.2 Å². The fourth-order valence-electron chi connectivity index (χ4n) is 2.76. The molecule has 0 unspecified atom stereocenters. The van der Waals surface area contributed by atoms with Crippen LogP contribution < -0.4 is 9.46 Å². The lowest BCUT2D eigenvalue weighted by Crippen LogP contribution is -2.23. The van der Waals surface area contributed by atoms with Crippen LogP contribution >= 0.6 is 0 Å². The molecule has 0 radical (unpaired) electrons. The van der Waals surface area contributed by atoms with Crippen LogP contribution in [0.2, 0.25) is 0 Å². The van der Waals surface area contributed by atoms with Gasteiger partial charge < -0.3 is 4.74 Å². The Morgan fingerprint density at radius 3 is 2.32 bits per heavy atom. The van der Waals surface area contributed by atoms with Crippen molar-refractivity contribution in [3.8, 4) is 17.0 Å². The van der Waals surface area contributed by atoms with Gasteiger partial charge in [-0.15, -0.1) is 0 Å². The molecule has 3 rings (SSSR count). The second-order valence-electron chi connectivity index (χ2n) is 5.97. The van der Waals surface area contributed by atoms with Crippen molar-refractivity contribution in [2.75, 3.05) is 13.7 Å². The fourth-order valence-corrected chi connectivity index (χ4v) is 3.82. The molecule has 0 aliphatic rings. The molecule has 0 amide bonds. The Hall–Kier alpha value is -2.65. The molecule has 1 N–H and O–H groups in total. The van der Waals surface area contributed by atoms with Gasteiger partial charge in [-0.2, -0.15) is 13.2 Å². The molecule has 0 atom stereocenters. The summed E-state index contributed by atoms with van der Waals surface area (Å²) in [5.74, 6) is 0.437. The molecular formula is C19H17F3N2O3S. The molecule has 3 aromatic rings. The second kappa shape index (κ2) is 7.40. The molecule has 0 spiro atoms. The lowest BCUT2D eigenvalue weighted by Gasteiger charge is -2.12. The zero-order chi connectivity index (χ0) is 20.5. The average molecular weight is 410 g/mol. The number of nitrogens with zero attached hydrogens (tertiary/aromatic N) is 1. The number of aromatic nitrogens is 1. The van der Waals surface area contributed by atoms with Gasteiger partial charge >= 0.3 is 6.18 Å². The van der Waals surface area contributed by atoms with E-state index >= 15 is 0 Å². The van der Waals surface area contributed by atoms with E-state index in [0.717, 1.165) is 12.1 Å². The van der Waals surface area contributed by atoms with Crippen molar-refractivity contribution in [1.82, 2.24) is 9.71 Å². The Bertz CT molecular complexity index is 1110. The van der Waals surface area contributed by atoms with Crippen LogP contribution in [0, 0.1) is 0 Å². The number of hydrogen-bond donors (Lipinski definition) is 1. The van der Waals surface area contributed by atoms with Crippen molar-refractivity contribution < 1.29 is 26.3 Å². The van der Waals surface area contributed by atoms with Gasteiger partial charge in [-0.1, -0.05) is 19.1 Å². The number of rotatable bonds is 5. The van der Waals surface area contributed by atoms with Crippen LogP contribution in [0.3, 0.4) is 0 Å². The van der Waals surface area contributed by atoms with E-state index in [1.54, 1.807) is 19.1 Å². The van der Waals surface area contributed by atoms with Crippen molar-refractivity contribution in [2.45, 2.75) is 18.0 Å². The van der Waals surface area contributed by atoms with Gasteiger partial charge in [0.25, 0.3) is 0 Å². The van der Waals surface area contributed by atoms with E-state index in [0.29, 0.717) is 27.9 Å². The van der Waals surface area contributed by atoms with E-state index in [1.165, 1.54) is 31.4 Å². The van der Waals surface area contributed by atoms with E-state index in [-0.39, 0.29) is 11.4 Å². The number of sulfonamides is 1. The number of fused-ring (bicyclic) bond motifs is 1. The second-order valence-corrected chi connectivity index (χ2v) is 7.73. The summed E-state index contributed by atoms with van der Waals surface area (Å²) in [6, 6.07) is 10.6. The van der Waals surface area contributed by atoms with Gasteiger partial charge in [0.15, 0.2) is 0 Å². The van der Waals surface area contributed by atoms with Crippen molar-refractivity contribution in [3.05, 3.63) is 54.1 Å². The highest BCUT2D eigenvalue weighted by atomic mass is 32.2. The molecule has 0 bridgehead atoms. The lowest BCUT2D eigenvalue weighted by atomic mass is 10.1. The van der Waals surface area contributed by atoms with Gasteiger partial charge in [0.1, 0.15) is 5.75 Å². The number of halogens is 3. The number of benzene rings is 2. The van der Waals surface area contributed by atoms with E-state index < -0.39 is 21.8 Å². The maximum Gasteiger partial charge on any atom is 0.416 e. The van der Waals surface area contributed by atoms with Crippen LogP contribution in [0.25, 0.3) is 22.2 Å². The summed E-state index contributed by atoms with van der Waals surface area (Å²) in [5, 5.41) is 0.591. The smallest absolute Gasteiger partial charge is 0.416 e. The van der Waals surface area contributed by atoms with Gasteiger partial charge in [-0.05, 0) is 30.3 Å². The minimum atomic E-state index is -4.43. The van der Waals surface area contributed by atoms with Gasteiger partial charge in [0, 0.05) is 23.6 Å². The summed E-state index contributed by atoms with van der Waals surface area (Å²) in [6.07, 6.45) is -4.43. The summed E-state index contributed by atoms with van der Waals surface area (Å²) < 4.78 is 70.5. The predicted molar refractivity (Wildman–Crippen MR) is 99.6 cm³/mol. The highest BCUT2D eigenvalue weighted by molar-refractivity contribution is 7.89. The summed E-state index contributed by atoms with van der Waals surface area (Å²) in [4.78, 5) is 4.47. The molecule has 2 aromatic carbocycles. The van der Waals surface area contributed by atoms with Crippen LogP contribution in [0.1, 0.15) is 12.5 Å². The summed E-state index contributed by atoms with van der Waals surface area (Å²) in [6.45, 7) is 1.91. The maximum atomic E-state index is 12.8. The molecule has 1 aromatic heterocycles. The van der Waals surface area contributed by atoms with Crippen molar-refractivity contribution in [2.24, 2.45) is 0 Å².